The van der Waals surface area contributed by atoms with Gasteiger partial charge in [0.2, 0.25) is 0 Å². The summed E-state index contributed by atoms with van der Waals surface area (Å²) in [5.74, 6) is 0. The van der Waals surface area contributed by atoms with Crippen LogP contribution in [0.1, 0.15) is 39.3 Å². The molecule has 1 fully saturated rings. The molecule has 1 aliphatic heterocycles. The van der Waals surface area contributed by atoms with Crippen molar-refractivity contribution in [3.63, 3.8) is 0 Å². The molecule has 1 heterocycles. The molecular formula is C20H32N2. The average molecular weight is 300 g/mol. The third-order valence-electron chi connectivity index (χ3n) is 4.03. The highest BCUT2D eigenvalue weighted by Crippen LogP contribution is 2.30. The summed E-state index contributed by atoms with van der Waals surface area (Å²) in [6.07, 6.45) is 6.63. The molecule has 1 unspecified atom stereocenters. The molecule has 0 aromatic heterocycles. The van der Waals surface area contributed by atoms with Gasteiger partial charge in [-0.15, -0.1) is 0 Å². The molecule has 122 valence electrons. The van der Waals surface area contributed by atoms with Gasteiger partial charge in [0.25, 0.3) is 0 Å². The second-order valence-electron chi connectivity index (χ2n) is 5.44. The van der Waals surface area contributed by atoms with Gasteiger partial charge in [0.05, 0.1) is 6.04 Å². The summed E-state index contributed by atoms with van der Waals surface area (Å²) in [6, 6.07) is 11.2. The Bertz CT molecular complexity index is 454. The Morgan fingerprint density at radius 3 is 2.09 bits per heavy atom. The summed E-state index contributed by atoms with van der Waals surface area (Å²) in [4.78, 5) is 5.01. The highest BCUT2D eigenvalue weighted by Gasteiger charge is 2.25. The number of hydrogen-bond donors (Lipinski definition) is 0. The SMILES string of the molecule is C/C=C\C(=C/C)C(c1ccccc1)N1CCN(C)CC1.CC. The highest BCUT2D eigenvalue weighted by atomic mass is 15.3. The third kappa shape index (κ3) is 5.11. The van der Waals surface area contributed by atoms with E-state index in [0.717, 1.165) is 26.2 Å². The standard InChI is InChI=1S/C18H26N2.C2H6/c1-4-9-16(5-2)18(17-10-7-6-8-11-17)20-14-12-19(3)13-15-20;1-2/h4-11,18H,12-15H2,1-3H3;1-2H3/b9-4-,16-5+;. The lowest BCUT2D eigenvalue weighted by Crippen LogP contribution is -2.46. The van der Waals surface area contributed by atoms with Gasteiger partial charge < -0.3 is 4.90 Å². The van der Waals surface area contributed by atoms with Crippen LogP contribution in [0.2, 0.25) is 0 Å². The summed E-state index contributed by atoms with van der Waals surface area (Å²) >= 11 is 0. The first-order valence-electron chi connectivity index (χ1n) is 8.52. The van der Waals surface area contributed by atoms with Crippen molar-refractivity contribution in [3.8, 4) is 0 Å². The first-order chi connectivity index (χ1) is 10.8. The number of piperazine rings is 1. The minimum atomic E-state index is 0.381. The Balaban J connectivity index is 0.00000116. The number of benzene rings is 1. The molecule has 0 saturated carbocycles. The molecule has 1 aromatic rings. The number of nitrogens with zero attached hydrogens (tertiary/aromatic N) is 2. The molecule has 2 nitrogen and oxygen atoms in total. The van der Waals surface area contributed by atoms with Crippen molar-refractivity contribution < 1.29 is 0 Å². The van der Waals surface area contributed by atoms with E-state index in [1.807, 2.05) is 13.8 Å². The Labute approximate surface area is 137 Å². The van der Waals surface area contributed by atoms with E-state index < -0.39 is 0 Å². The summed E-state index contributed by atoms with van der Waals surface area (Å²) in [7, 11) is 2.21. The first kappa shape index (κ1) is 18.7. The van der Waals surface area contributed by atoms with E-state index in [-0.39, 0.29) is 0 Å². The number of likely N-dealkylation sites (N-methyl/N-ethyl adjacent to an activating group) is 1. The fourth-order valence-electron chi connectivity index (χ4n) is 2.87. The maximum Gasteiger partial charge on any atom is 0.0599 e. The predicted octanol–water partition coefficient (Wildman–Crippen LogP) is 4.52. The Hall–Kier alpha value is -1.38. The van der Waals surface area contributed by atoms with Gasteiger partial charge in [0.15, 0.2) is 0 Å². The van der Waals surface area contributed by atoms with Crippen LogP contribution in [-0.4, -0.2) is 43.0 Å². The summed E-state index contributed by atoms with van der Waals surface area (Å²) in [6.45, 7) is 12.8. The molecule has 1 saturated heterocycles. The molecule has 0 aliphatic carbocycles. The largest absolute Gasteiger partial charge is 0.304 e. The molecular weight excluding hydrogens is 268 g/mol. The minimum Gasteiger partial charge on any atom is -0.304 e. The Kier molecular flexibility index (Phi) is 8.79. The molecule has 22 heavy (non-hydrogen) atoms. The smallest absolute Gasteiger partial charge is 0.0599 e. The fraction of sp³-hybridized carbons (Fsp3) is 0.500. The summed E-state index contributed by atoms with van der Waals surface area (Å²) in [5, 5.41) is 0. The average Bonchev–Trinajstić information content (AvgIpc) is 2.59. The molecule has 0 radical (unpaired) electrons. The Morgan fingerprint density at radius 1 is 1.00 bits per heavy atom. The number of rotatable bonds is 4. The molecule has 2 heteroatoms. The van der Waals surface area contributed by atoms with Crippen LogP contribution in [0.4, 0.5) is 0 Å². The Morgan fingerprint density at radius 2 is 1.59 bits per heavy atom. The van der Waals surface area contributed by atoms with Crippen molar-refractivity contribution in [1.29, 1.82) is 0 Å². The van der Waals surface area contributed by atoms with E-state index in [0.29, 0.717) is 6.04 Å². The number of allylic oxidation sites excluding steroid dienone is 2. The van der Waals surface area contributed by atoms with Crippen molar-refractivity contribution in [2.75, 3.05) is 33.2 Å². The van der Waals surface area contributed by atoms with Gasteiger partial charge in [-0.2, -0.15) is 0 Å². The van der Waals surface area contributed by atoms with Crippen LogP contribution in [0.3, 0.4) is 0 Å². The zero-order valence-electron chi connectivity index (χ0n) is 14.9. The van der Waals surface area contributed by atoms with Crippen molar-refractivity contribution in [2.24, 2.45) is 0 Å². The van der Waals surface area contributed by atoms with Gasteiger partial charge in [0, 0.05) is 26.2 Å². The monoisotopic (exact) mass is 300 g/mol. The van der Waals surface area contributed by atoms with Gasteiger partial charge in [-0.05, 0) is 32.0 Å². The van der Waals surface area contributed by atoms with Gasteiger partial charge in [-0.1, -0.05) is 62.4 Å². The van der Waals surface area contributed by atoms with Gasteiger partial charge >= 0.3 is 0 Å². The third-order valence-corrected chi connectivity index (χ3v) is 4.03. The van der Waals surface area contributed by atoms with E-state index in [1.54, 1.807) is 0 Å². The first-order valence-corrected chi connectivity index (χ1v) is 8.52. The minimum absolute atomic E-state index is 0.381. The molecule has 1 atom stereocenters. The molecule has 1 aliphatic rings. The van der Waals surface area contributed by atoms with E-state index in [2.05, 4.69) is 79.3 Å². The summed E-state index contributed by atoms with van der Waals surface area (Å²) in [5.41, 5.74) is 2.78. The quantitative estimate of drug-likeness (QED) is 0.754. The molecule has 0 N–H and O–H groups in total. The lowest BCUT2D eigenvalue weighted by Gasteiger charge is -2.39. The molecule has 2 rings (SSSR count). The lowest BCUT2D eigenvalue weighted by atomic mass is 9.95. The maximum absolute atomic E-state index is 2.60. The second kappa shape index (κ2) is 10.4. The molecule has 0 spiro atoms. The van der Waals surface area contributed by atoms with Crippen molar-refractivity contribution in [1.82, 2.24) is 9.80 Å². The zero-order valence-corrected chi connectivity index (χ0v) is 14.9. The normalized spacial score (nSPS) is 18.9. The van der Waals surface area contributed by atoms with E-state index in [1.165, 1.54) is 11.1 Å². The zero-order chi connectivity index (χ0) is 16.4. The van der Waals surface area contributed by atoms with E-state index >= 15 is 0 Å². The van der Waals surface area contributed by atoms with Crippen LogP contribution in [0.5, 0.6) is 0 Å². The van der Waals surface area contributed by atoms with Crippen molar-refractivity contribution >= 4 is 0 Å². The highest BCUT2D eigenvalue weighted by molar-refractivity contribution is 5.34. The van der Waals surface area contributed by atoms with Crippen LogP contribution in [0.15, 0.2) is 54.1 Å². The van der Waals surface area contributed by atoms with Crippen molar-refractivity contribution in [2.45, 2.75) is 33.7 Å². The van der Waals surface area contributed by atoms with Crippen LogP contribution in [-0.2, 0) is 0 Å². The lowest BCUT2D eigenvalue weighted by molar-refractivity contribution is 0.127. The van der Waals surface area contributed by atoms with Gasteiger partial charge in [-0.3, -0.25) is 4.90 Å². The fourth-order valence-corrected chi connectivity index (χ4v) is 2.87. The van der Waals surface area contributed by atoms with E-state index in [4.69, 9.17) is 0 Å². The van der Waals surface area contributed by atoms with Crippen LogP contribution in [0, 0.1) is 0 Å². The molecule has 0 bridgehead atoms. The van der Waals surface area contributed by atoms with Crippen LogP contribution >= 0.6 is 0 Å². The van der Waals surface area contributed by atoms with Gasteiger partial charge in [0.1, 0.15) is 0 Å². The van der Waals surface area contributed by atoms with Gasteiger partial charge in [-0.25, -0.2) is 0 Å². The van der Waals surface area contributed by atoms with Crippen LogP contribution < -0.4 is 0 Å². The summed E-state index contributed by atoms with van der Waals surface area (Å²) < 4.78 is 0. The second-order valence-corrected chi connectivity index (χ2v) is 5.44. The number of hydrogen-bond acceptors (Lipinski definition) is 2. The van der Waals surface area contributed by atoms with Crippen molar-refractivity contribution in [3.05, 3.63) is 59.7 Å². The van der Waals surface area contributed by atoms with Crippen LogP contribution in [0.25, 0.3) is 0 Å². The topological polar surface area (TPSA) is 6.48 Å². The predicted molar refractivity (Wildman–Crippen MR) is 98.2 cm³/mol. The van der Waals surface area contributed by atoms with E-state index in [9.17, 15) is 0 Å². The maximum atomic E-state index is 2.60. The molecule has 1 aromatic carbocycles. The molecule has 0 amide bonds.